The van der Waals surface area contributed by atoms with Crippen LogP contribution in [-0.4, -0.2) is 45.0 Å². The van der Waals surface area contributed by atoms with Crippen LogP contribution >= 0.6 is 0 Å². The number of benzene rings is 1. The number of nitrogens with one attached hydrogen (secondary N) is 1. The van der Waals surface area contributed by atoms with Gasteiger partial charge < -0.3 is 10.2 Å². The molecule has 2 unspecified atom stereocenters. The molecule has 0 spiro atoms. The fourth-order valence-electron chi connectivity index (χ4n) is 2.58. The predicted molar refractivity (Wildman–Crippen MR) is 86.5 cm³/mol. The Balaban J connectivity index is 2.00. The molecule has 7 heteroatoms. The molecule has 1 aromatic rings. The molecule has 1 N–H and O–H groups in total. The van der Waals surface area contributed by atoms with E-state index in [1.165, 1.54) is 12.1 Å². The molecule has 0 bridgehead atoms. The van der Waals surface area contributed by atoms with Gasteiger partial charge in [0, 0.05) is 32.2 Å². The van der Waals surface area contributed by atoms with Crippen molar-refractivity contribution in [3.05, 3.63) is 29.8 Å². The highest BCUT2D eigenvalue weighted by molar-refractivity contribution is 7.90. The van der Waals surface area contributed by atoms with Crippen LogP contribution in [0.4, 0.5) is 0 Å². The topological polar surface area (TPSA) is 83.6 Å². The lowest BCUT2D eigenvalue weighted by molar-refractivity contribution is -0.139. The molecule has 0 aromatic heterocycles. The van der Waals surface area contributed by atoms with Crippen LogP contribution in [0.25, 0.3) is 0 Å². The van der Waals surface area contributed by atoms with Gasteiger partial charge in [-0.3, -0.25) is 9.59 Å². The number of nitrogens with zero attached hydrogens (tertiary/aromatic N) is 1. The van der Waals surface area contributed by atoms with Gasteiger partial charge in [-0.2, -0.15) is 0 Å². The van der Waals surface area contributed by atoms with Gasteiger partial charge in [0.05, 0.1) is 10.9 Å². The van der Waals surface area contributed by atoms with E-state index in [1.54, 1.807) is 24.1 Å². The van der Waals surface area contributed by atoms with Crippen LogP contribution in [0.15, 0.2) is 29.2 Å². The highest BCUT2D eigenvalue weighted by Gasteiger charge is 2.29. The average Bonchev–Trinajstić information content (AvgIpc) is 2.49. The molecule has 1 aliphatic heterocycles. The van der Waals surface area contributed by atoms with Crippen LogP contribution in [-0.2, 0) is 19.4 Å². The summed E-state index contributed by atoms with van der Waals surface area (Å²) in [6.45, 7) is 2.43. The van der Waals surface area contributed by atoms with Gasteiger partial charge in [0.1, 0.15) is 0 Å². The number of likely N-dealkylation sites (tertiary alicyclic amines) is 1. The second kappa shape index (κ2) is 6.70. The molecule has 126 valence electrons. The van der Waals surface area contributed by atoms with Gasteiger partial charge in [0.15, 0.2) is 9.84 Å². The van der Waals surface area contributed by atoms with Gasteiger partial charge in [-0.1, -0.05) is 12.1 Å². The highest BCUT2D eigenvalue weighted by Crippen LogP contribution is 2.20. The van der Waals surface area contributed by atoms with E-state index in [-0.39, 0.29) is 35.1 Å². The molecular formula is C16H22N2O4S. The maximum Gasteiger partial charge on any atom is 0.224 e. The first-order valence-corrected chi connectivity index (χ1v) is 9.42. The number of amides is 2. The first-order valence-electron chi connectivity index (χ1n) is 7.53. The molecule has 23 heavy (non-hydrogen) atoms. The van der Waals surface area contributed by atoms with E-state index in [4.69, 9.17) is 0 Å². The van der Waals surface area contributed by atoms with Gasteiger partial charge in [-0.15, -0.1) is 0 Å². The normalized spacial score (nSPS) is 20.2. The zero-order valence-corrected chi connectivity index (χ0v) is 14.4. The smallest absolute Gasteiger partial charge is 0.224 e. The van der Waals surface area contributed by atoms with Crippen LogP contribution in [0, 0.1) is 5.92 Å². The van der Waals surface area contributed by atoms with Crippen molar-refractivity contribution in [3.63, 3.8) is 0 Å². The number of hydrogen-bond donors (Lipinski definition) is 1. The Kier molecular flexibility index (Phi) is 5.09. The maximum atomic E-state index is 12.3. The van der Waals surface area contributed by atoms with Gasteiger partial charge in [0.2, 0.25) is 11.8 Å². The number of sulfone groups is 1. The lowest BCUT2D eigenvalue weighted by Crippen LogP contribution is -2.42. The Morgan fingerprint density at radius 1 is 1.30 bits per heavy atom. The summed E-state index contributed by atoms with van der Waals surface area (Å²) in [5.41, 5.74) is 0.824. The Bertz CT molecular complexity index is 697. The number of hydrogen-bond acceptors (Lipinski definition) is 4. The van der Waals surface area contributed by atoms with Crippen LogP contribution in [0.3, 0.4) is 0 Å². The molecule has 1 fully saturated rings. The molecule has 2 amide bonds. The second-order valence-corrected chi connectivity index (χ2v) is 8.09. The number of rotatable bonds is 4. The van der Waals surface area contributed by atoms with Crippen LogP contribution < -0.4 is 5.32 Å². The second-order valence-electron chi connectivity index (χ2n) is 6.08. The zero-order valence-electron chi connectivity index (χ0n) is 13.6. The monoisotopic (exact) mass is 338 g/mol. The first-order chi connectivity index (χ1) is 10.7. The van der Waals surface area contributed by atoms with E-state index < -0.39 is 9.84 Å². The lowest BCUT2D eigenvalue weighted by Gasteiger charge is -2.28. The Morgan fingerprint density at radius 2 is 1.91 bits per heavy atom. The summed E-state index contributed by atoms with van der Waals surface area (Å²) in [6, 6.07) is 6.21. The predicted octanol–water partition coefficient (Wildman–Crippen LogP) is 1.14. The largest absolute Gasteiger partial charge is 0.349 e. The van der Waals surface area contributed by atoms with E-state index in [0.717, 1.165) is 11.8 Å². The summed E-state index contributed by atoms with van der Waals surface area (Å²) >= 11 is 0. The molecule has 1 heterocycles. The van der Waals surface area contributed by atoms with Crippen molar-refractivity contribution in [3.8, 4) is 0 Å². The Labute approximate surface area is 136 Å². The maximum absolute atomic E-state index is 12.3. The third-order valence-electron chi connectivity index (χ3n) is 4.20. The molecule has 1 aliphatic rings. The van der Waals surface area contributed by atoms with E-state index in [1.807, 2.05) is 6.92 Å². The van der Waals surface area contributed by atoms with E-state index in [0.29, 0.717) is 13.0 Å². The minimum atomic E-state index is -3.23. The summed E-state index contributed by atoms with van der Waals surface area (Å²) in [5.74, 6) is -0.441. The number of carbonyl (C=O) groups excluding carboxylic acids is 2. The van der Waals surface area contributed by atoms with Gasteiger partial charge in [0.25, 0.3) is 0 Å². The SMILES string of the molecule is CC(NC(=O)C1CCN(C)C(=O)C1)c1ccc(S(C)(=O)=O)cc1. The fourth-order valence-corrected chi connectivity index (χ4v) is 3.22. The quantitative estimate of drug-likeness (QED) is 0.892. The van der Waals surface area contributed by atoms with Crippen LogP contribution in [0.5, 0.6) is 0 Å². The van der Waals surface area contributed by atoms with E-state index in [9.17, 15) is 18.0 Å². The third-order valence-corrected chi connectivity index (χ3v) is 5.33. The standard InChI is InChI=1S/C16H22N2O4S/c1-11(12-4-6-14(7-5-12)23(3,21)22)17-16(20)13-8-9-18(2)15(19)10-13/h4-7,11,13H,8-10H2,1-3H3,(H,17,20). The molecule has 2 rings (SSSR count). The van der Waals surface area contributed by atoms with Gasteiger partial charge in [-0.25, -0.2) is 8.42 Å². The van der Waals surface area contributed by atoms with Crippen LogP contribution in [0.1, 0.15) is 31.4 Å². The van der Waals surface area contributed by atoms with Crippen molar-refractivity contribution in [1.82, 2.24) is 10.2 Å². The minimum absolute atomic E-state index is 0.0124. The molecule has 0 aliphatic carbocycles. The fraction of sp³-hybridized carbons (Fsp3) is 0.500. The summed E-state index contributed by atoms with van der Waals surface area (Å²) in [5, 5.41) is 2.90. The Hall–Kier alpha value is -1.89. The molecule has 6 nitrogen and oxygen atoms in total. The summed E-state index contributed by atoms with van der Waals surface area (Å²) in [6.07, 6.45) is 2.06. The van der Waals surface area contributed by atoms with E-state index in [2.05, 4.69) is 5.32 Å². The van der Waals surface area contributed by atoms with Crippen molar-refractivity contribution in [1.29, 1.82) is 0 Å². The van der Waals surface area contributed by atoms with Crippen molar-refractivity contribution >= 4 is 21.7 Å². The van der Waals surface area contributed by atoms with E-state index >= 15 is 0 Å². The van der Waals surface area contributed by atoms with Crippen molar-refractivity contribution < 1.29 is 18.0 Å². The molecule has 0 saturated carbocycles. The minimum Gasteiger partial charge on any atom is -0.349 e. The molecule has 1 saturated heterocycles. The number of piperidine rings is 1. The summed E-state index contributed by atoms with van der Waals surface area (Å²) < 4.78 is 22.9. The third kappa shape index (κ3) is 4.31. The average molecular weight is 338 g/mol. The van der Waals surface area contributed by atoms with Crippen molar-refractivity contribution in [2.45, 2.75) is 30.7 Å². The zero-order chi connectivity index (χ0) is 17.2. The summed E-state index contributed by atoms with van der Waals surface area (Å²) in [7, 11) is -1.49. The van der Waals surface area contributed by atoms with Crippen LogP contribution in [0.2, 0.25) is 0 Å². The Morgan fingerprint density at radius 3 is 2.43 bits per heavy atom. The summed E-state index contributed by atoms with van der Waals surface area (Å²) in [4.78, 5) is 25.9. The van der Waals surface area contributed by atoms with Crippen molar-refractivity contribution in [2.75, 3.05) is 19.8 Å². The molecular weight excluding hydrogens is 316 g/mol. The molecule has 0 radical (unpaired) electrons. The first kappa shape index (κ1) is 17.5. The molecule has 2 atom stereocenters. The van der Waals surface area contributed by atoms with Gasteiger partial charge in [-0.05, 0) is 31.0 Å². The molecule has 1 aromatic carbocycles. The van der Waals surface area contributed by atoms with Crippen molar-refractivity contribution in [2.24, 2.45) is 5.92 Å². The highest BCUT2D eigenvalue weighted by atomic mass is 32.2. The van der Waals surface area contributed by atoms with Gasteiger partial charge >= 0.3 is 0 Å². The number of carbonyl (C=O) groups is 2. The lowest BCUT2D eigenvalue weighted by atomic mass is 9.95.